The first-order valence-corrected chi connectivity index (χ1v) is 10.2. The molecule has 154 valence electrons. The van der Waals surface area contributed by atoms with E-state index in [4.69, 9.17) is 17.3 Å². The molecule has 4 rings (SSSR count). The molecule has 8 heteroatoms. The Morgan fingerprint density at radius 2 is 1.67 bits per heavy atom. The topological polar surface area (TPSA) is 87.4 Å². The molecule has 30 heavy (non-hydrogen) atoms. The van der Waals surface area contributed by atoms with Crippen molar-refractivity contribution in [3.05, 3.63) is 76.9 Å². The fraction of sp³-hybridized carbons (Fsp3) is 0.227. The van der Waals surface area contributed by atoms with Crippen molar-refractivity contribution >= 4 is 35.0 Å². The average Bonchev–Trinajstić information content (AvgIpc) is 2.79. The third-order valence-electron chi connectivity index (χ3n) is 5.10. The summed E-state index contributed by atoms with van der Waals surface area (Å²) in [6, 6.07) is 17.5. The van der Waals surface area contributed by atoms with Gasteiger partial charge in [-0.05, 0) is 29.8 Å². The first-order chi connectivity index (χ1) is 14.6. The lowest BCUT2D eigenvalue weighted by atomic mass is 10.2. The first-order valence-electron chi connectivity index (χ1n) is 9.80. The Bertz CT molecular complexity index is 1000. The van der Waals surface area contributed by atoms with Crippen LogP contribution in [0, 0.1) is 0 Å². The van der Waals surface area contributed by atoms with E-state index in [1.54, 1.807) is 0 Å². The second kappa shape index (κ2) is 9.00. The Balaban J connectivity index is 1.36. The monoisotopic (exact) mass is 422 g/mol. The summed E-state index contributed by atoms with van der Waals surface area (Å²) in [6.45, 7) is 3.63. The van der Waals surface area contributed by atoms with E-state index >= 15 is 0 Å². The van der Waals surface area contributed by atoms with Crippen LogP contribution in [0.5, 0.6) is 0 Å². The molecule has 2 aromatic carbocycles. The van der Waals surface area contributed by atoms with Gasteiger partial charge in [0.05, 0.1) is 5.56 Å². The first kappa shape index (κ1) is 20.0. The lowest BCUT2D eigenvalue weighted by Crippen LogP contribution is -2.47. The van der Waals surface area contributed by atoms with Crippen molar-refractivity contribution < 1.29 is 4.79 Å². The van der Waals surface area contributed by atoms with E-state index < -0.39 is 0 Å². The summed E-state index contributed by atoms with van der Waals surface area (Å²) in [6.07, 6.45) is 1.50. The number of halogens is 1. The van der Waals surface area contributed by atoms with E-state index in [1.165, 1.54) is 6.20 Å². The maximum Gasteiger partial charge on any atom is 0.256 e. The summed E-state index contributed by atoms with van der Waals surface area (Å²) in [5, 5.41) is 3.59. The van der Waals surface area contributed by atoms with Crippen molar-refractivity contribution in [1.29, 1.82) is 0 Å². The maximum absolute atomic E-state index is 12.4. The van der Waals surface area contributed by atoms with Gasteiger partial charge >= 0.3 is 0 Å². The van der Waals surface area contributed by atoms with E-state index in [9.17, 15) is 4.79 Å². The maximum atomic E-state index is 12.4. The zero-order chi connectivity index (χ0) is 20.9. The summed E-state index contributed by atoms with van der Waals surface area (Å²) in [5.74, 6) is 0.448. The van der Waals surface area contributed by atoms with Crippen LogP contribution in [0.4, 0.5) is 17.5 Å². The molecule has 3 N–H and O–H groups in total. The van der Waals surface area contributed by atoms with Gasteiger partial charge in [-0.15, -0.1) is 0 Å². The molecule has 0 atom stereocenters. The molecule has 1 saturated heterocycles. The summed E-state index contributed by atoms with van der Waals surface area (Å²) in [7, 11) is 0. The number of amides is 1. The van der Waals surface area contributed by atoms with Crippen LogP contribution in [0.3, 0.4) is 0 Å². The Morgan fingerprint density at radius 3 is 2.33 bits per heavy atom. The Kier molecular flexibility index (Phi) is 5.99. The number of nitrogen functional groups attached to an aromatic ring is 1. The molecule has 0 saturated carbocycles. The number of aromatic nitrogens is 2. The van der Waals surface area contributed by atoms with Crippen LogP contribution >= 0.6 is 11.6 Å². The van der Waals surface area contributed by atoms with Crippen molar-refractivity contribution in [1.82, 2.24) is 15.3 Å². The highest BCUT2D eigenvalue weighted by molar-refractivity contribution is 6.30. The zero-order valence-corrected chi connectivity index (χ0v) is 17.2. The Labute approximate surface area is 180 Å². The van der Waals surface area contributed by atoms with Crippen LogP contribution in [0.15, 0.2) is 60.8 Å². The van der Waals surface area contributed by atoms with Crippen molar-refractivity contribution in [3.63, 3.8) is 0 Å². The van der Waals surface area contributed by atoms with Crippen LogP contribution in [0.2, 0.25) is 5.02 Å². The molecular formula is C22H23ClN6O. The molecule has 0 spiro atoms. The normalized spacial score (nSPS) is 13.9. The molecule has 0 radical (unpaired) electrons. The molecule has 3 aromatic rings. The minimum absolute atomic E-state index is 0.186. The van der Waals surface area contributed by atoms with Gasteiger partial charge in [0.25, 0.3) is 5.91 Å². The predicted octanol–water partition coefficient (Wildman–Crippen LogP) is 2.97. The minimum Gasteiger partial charge on any atom is -0.383 e. The third-order valence-corrected chi connectivity index (χ3v) is 5.35. The number of nitrogens with zero attached hydrogens (tertiary/aromatic N) is 4. The predicted molar refractivity (Wildman–Crippen MR) is 120 cm³/mol. The number of benzene rings is 2. The minimum atomic E-state index is -0.282. The molecule has 0 bridgehead atoms. The molecule has 7 nitrogen and oxygen atoms in total. The molecule has 1 amide bonds. The van der Waals surface area contributed by atoms with Crippen molar-refractivity contribution in [2.24, 2.45) is 0 Å². The standard InChI is InChI=1S/C22H23ClN6O/c23-17-6-8-18(9-7-17)28-10-12-29(13-11-28)22-26-15-19(20(24)27-22)21(30)25-14-16-4-2-1-3-5-16/h1-9,15H,10-14H2,(H,25,30)(H2,24,26,27). The molecule has 1 aromatic heterocycles. The highest BCUT2D eigenvalue weighted by Crippen LogP contribution is 2.21. The van der Waals surface area contributed by atoms with Crippen LogP contribution < -0.4 is 20.9 Å². The highest BCUT2D eigenvalue weighted by atomic mass is 35.5. The number of hydrogen-bond donors (Lipinski definition) is 2. The van der Waals surface area contributed by atoms with Gasteiger partial charge in [0.1, 0.15) is 5.82 Å². The second-order valence-electron chi connectivity index (χ2n) is 7.09. The van der Waals surface area contributed by atoms with Gasteiger partial charge in [0.15, 0.2) is 0 Å². The molecular weight excluding hydrogens is 400 g/mol. The van der Waals surface area contributed by atoms with E-state index in [0.29, 0.717) is 12.5 Å². The molecule has 1 aliphatic rings. The average molecular weight is 423 g/mol. The van der Waals surface area contributed by atoms with Crippen molar-refractivity contribution in [3.8, 4) is 0 Å². The summed E-state index contributed by atoms with van der Waals surface area (Å²) < 4.78 is 0. The molecule has 0 aliphatic carbocycles. The van der Waals surface area contributed by atoms with E-state index in [2.05, 4.69) is 25.1 Å². The molecule has 1 aliphatic heterocycles. The van der Waals surface area contributed by atoms with Gasteiger partial charge in [-0.3, -0.25) is 4.79 Å². The Morgan fingerprint density at radius 1 is 1.00 bits per heavy atom. The SMILES string of the molecule is Nc1nc(N2CCN(c3ccc(Cl)cc3)CC2)ncc1C(=O)NCc1ccccc1. The summed E-state index contributed by atoms with van der Waals surface area (Å²) in [5.41, 5.74) is 8.51. The van der Waals surface area contributed by atoms with Gasteiger partial charge in [0, 0.05) is 49.6 Å². The van der Waals surface area contributed by atoms with E-state index in [0.717, 1.165) is 42.5 Å². The summed E-state index contributed by atoms with van der Waals surface area (Å²) >= 11 is 5.97. The lowest BCUT2D eigenvalue weighted by molar-refractivity contribution is 0.0951. The number of nitrogens with two attached hydrogens (primary N) is 1. The van der Waals surface area contributed by atoms with E-state index in [1.807, 2.05) is 54.6 Å². The third kappa shape index (κ3) is 4.63. The second-order valence-corrected chi connectivity index (χ2v) is 7.52. The lowest BCUT2D eigenvalue weighted by Gasteiger charge is -2.36. The van der Waals surface area contributed by atoms with Crippen LogP contribution in [0.25, 0.3) is 0 Å². The largest absolute Gasteiger partial charge is 0.383 e. The zero-order valence-electron chi connectivity index (χ0n) is 16.5. The fourth-order valence-corrected chi connectivity index (χ4v) is 3.53. The van der Waals surface area contributed by atoms with Gasteiger partial charge in [-0.1, -0.05) is 41.9 Å². The van der Waals surface area contributed by atoms with Crippen molar-refractivity contribution in [2.45, 2.75) is 6.54 Å². The van der Waals surface area contributed by atoms with Gasteiger partial charge < -0.3 is 20.9 Å². The fourth-order valence-electron chi connectivity index (χ4n) is 3.40. The van der Waals surface area contributed by atoms with Crippen LogP contribution in [-0.2, 0) is 6.54 Å². The quantitative estimate of drug-likeness (QED) is 0.657. The smallest absolute Gasteiger partial charge is 0.256 e. The highest BCUT2D eigenvalue weighted by Gasteiger charge is 2.21. The molecule has 2 heterocycles. The number of carbonyl (C=O) groups excluding carboxylic acids is 1. The number of carbonyl (C=O) groups is 1. The number of nitrogens with one attached hydrogen (secondary N) is 1. The van der Waals surface area contributed by atoms with Gasteiger partial charge in [-0.2, -0.15) is 4.98 Å². The van der Waals surface area contributed by atoms with Gasteiger partial charge in [0.2, 0.25) is 5.95 Å². The summed E-state index contributed by atoms with van der Waals surface area (Å²) in [4.78, 5) is 25.6. The van der Waals surface area contributed by atoms with E-state index in [-0.39, 0.29) is 17.3 Å². The molecule has 1 fully saturated rings. The van der Waals surface area contributed by atoms with Gasteiger partial charge in [-0.25, -0.2) is 4.98 Å². The number of hydrogen-bond acceptors (Lipinski definition) is 6. The van der Waals surface area contributed by atoms with Crippen LogP contribution in [0.1, 0.15) is 15.9 Å². The number of piperazine rings is 1. The number of rotatable bonds is 5. The van der Waals surface area contributed by atoms with Crippen LogP contribution in [-0.4, -0.2) is 42.1 Å². The number of anilines is 3. The Hall–Kier alpha value is -3.32. The van der Waals surface area contributed by atoms with Crippen molar-refractivity contribution in [2.75, 3.05) is 41.7 Å². The molecule has 0 unspecified atom stereocenters.